The average Bonchev–Trinajstić information content (AvgIpc) is 2.70. The topological polar surface area (TPSA) is 38.9 Å². The van der Waals surface area contributed by atoms with Gasteiger partial charge in [-0.2, -0.15) is 4.98 Å². The molecule has 68 valence electrons. The number of thiophene rings is 1. The quantitative estimate of drug-likeness (QED) is 0.738. The maximum atomic E-state index is 5.63. The molecule has 13 heavy (non-hydrogen) atoms. The fraction of sp³-hybridized carbons (Fsp3) is 0.250. The van der Waals surface area contributed by atoms with Gasteiger partial charge >= 0.3 is 0 Å². The molecule has 3 nitrogen and oxygen atoms in total. The first-order valence-corrected chi connectivity index (χ1v) is 5.21. The maximum absolute atomic E-state index is 5.63. The van der Waals surface area contributed by atoms with E-state index in [4.69, 9.17) is 11.6 Å². The summed E-state index contributed by atoms with van der Waals surface area (Å²) < 4.78 is 4.66. The number of halogens is 1. The predicted molar refractivity (Wildman–Crippen MR) is 52.0 cm³/mol. The van der Waals surface area contributed by atoms with Gasteiger partial charge in [-0.1, -0.05) is 5.16 Å². The maximum Gasteiger partial charge on any atom is 0.214 e. The number of hydrogen-bond acceptors (Lipinski definition) is 4. The summed E-state index contributed by atoms with van der Waals surface area (Å²) in [6, 6.07) is 2.04. The van der Waals surface area contributed by atoms with Gasteiger partial charge in [0, 0.05) is 21.7 Å². The lowest BCUT2D eigenvalue weighted by molar-refractivity contribution is 0.419. The number of rotatable bonds is 3. The molecule has 2 aromatic heterocycles. The Morgan fingerprint density at radius 3 is 3.15 bits per heavy atom. The fourth-order valence-corrected chi connectivity index (χ4v) is 2.20. The zero-order valence-corrected chi connectivity index (χ0v) is 8.31. The molecular weight excluding hydrogens is 208 g/mol. The van der Waals surface area contributed by atoms with Crippen LogP contribution in [0, 0.1) is 0 Å². The molecule has 0 saturated carbocycles. The van der Waals surface area contributed by atoms with E-state index in [0.717, 1.165) is 12.0 Å². The minimum absolute atomic E-state index is 0.636. The van der Waals surface area contributed by atoms with E-state index in [-0.39, 0.29) is 0 Å². The van der Waals surface area contributed by atoms with Gasteiger partial charge in [0.25, 0.3) is 0 Å². The predicted octanol–water partition coefficient (Wildman–Crippen LogP) is 2.58. The summed E-state index contributed by atoms with van der Waals surface area (Å²) in [5, 5.41) is 5.75. The lowest BCUT2D eigenvalue weighted by atomic mass is 10.3. The van der Waals surface area contributed by atoms with Gasteiger partial charge in [0.15, 0.2) is 0 Å². The Bertz CT molecular complexity index is 371. The summed E-state index contributed by atoms with van der Waals surface area (Å²) in [5.74, 6) is 1.28. The average molecular weight is 215 g/mol. The van der Waals surface area contributed by atoms with E-state index in [9.17, 15) is 0 Å². The molecule has 0 spiro atoms. The van der Waals surface area contributed by atoms with Gasteiger partial charge in [0.1, 0.15) is 0 Å². The van der Waals surface area contributed by atoms with Crippen LogP contribution in [-0.2, 0) is 6.42 Å². The third kappa shape index (κ3) is 1.89. The van der Waals surface area contributed by atoms with E-state index >= 15 is 0 Å². The smallest absolute Gasteiger partial charge is 0.214 e. The molecule has 0 radical (unpaired) electrons. The van der Waals surface area contributed by atoms with Crippen molar-refractivity contribution in [2.24, 2.45) is 0 Å². The van der Waals surface area contributed by atoms with Crippen molar-refractivity contribution in [1.29, 1.82) is 0 Å². The summed E-state index contributed by atoms with van der Waals surface area (Å²) in [6.45, 7) is 0. The summed E-state index contributed by atoms with van der Waals surface area (Å²) in [4.78, 5) is 5.20. The van der Waals surface area contributed by atoms with Gasteiger partial charge in [-0.05, 0) is 12.5 Å². The van der Waals surface area contributed by atoms with Gasteiger partial charge in [-0.25, -0.2) is 0 Å². The molecule has 0 N–H and O–H groups in total. The van der Waals surface area contributed by atoms with Crippen LogP contribution in [0.2, 0.25) is 0 Å². The highest BCUT2D eigenvalue weighted by molar-refractivity contribution is 7.10. The molecule has 0 unspecified atom stereocenters. The van der Waals surface area contributed by atoms with Crippen LogP contribution in [0.1, 0.15) is 4.88 Å². The van der Waals surface area contributed by atoms with Crippen LogP contribution in [0.3, 0.4) is 0 Å². The zero-order chi connectivity index (χ0) is 9.10. The molecule has 2 aromatic rings. The molecule has 0 bridgehead atoms. The van der Waals surface area contributed by atoms with Crippen LogP contribution in [0.15, 0.2) is 22.4 Å². The Balaban J connectivity index is 2.23. The molecule has 0 saturated heterocycles. The van der Waals surface area contributed by atoms with Crippen molar-refractivity contribution >= 4 is 22.9 Å². The molecule has 0 amide bonds. The molecule has 0 fully saturated rings. The van der Waals surface area contributed by atoms with Gasteiger partial charge in [-0.15, -0.1) is 22.9 Å². The number of hydrogen-bond donors (Lipinski definition) is 0. The first kappa shape index (κ1) is 8.72. The molecular formula is C8H7ClN2OS. The minimum atomic E-state index is 0.636. The Labute approximate surface area is 84.3 Å². The third-order valence-electron chi connectivity index (χ3n) is 1.61. The minimum Gasteiger partial charge on any atom is -0.342 e. The Morgan fingerprint density at radius 2 is 2.46 bits per heavy atom. The van der Waals surface area contributed by atoms with Crippen LogP contribution in [0.25, 0.3) is 11.4 Å². The van der Waals surface area contributed by atoms with Crippen LogP contribution in [-0.4, -0.2) is 16.0 Å². The number of alkyl halides is 1. The Morgan fingerprint density at radius 1 is 1.54 bits per heavy atom. The van der Waals surface area contributed by atoms with Crippen molar-refractivity contribution in [3.8, 4) is 11.4 Å². The highest BCUT2D eigenvalue weighted by Gasteiger charge is 2.05. The second kappa shape index (κ2) is 3.89. The first-order valence-electron chi connectivity index (χ1n) is 3.80. The zero-order valence-electron chi connectivity index (χ0n) is 6.74. The highest BCUT2D eigenvalue weighted by Crippen LogP contribution is 2.22. The SMILES string of the molecule is ClCCc1cc(-c2ncon2)cs1. The van der Waals surface area contributed by atoms with Crippen molar-refractivity contribution in [3.63, 3.8) is 0 Å². The number of nitrogens with zero attached hydrogens (tertiary/aromatic N) is 2. The molecule has 0 aliphatic carbocycles. The first-order chi connectivity index (χ1) is 6.40. The van der Waals surface area contributed by atoms with E-state index in [1.807, 2.05) is 11.4 Å². The molecule has 5 heteroatoms. The van der Waals surface area contributed by atoms with Crippen LogP contribution < -0.4 is 0 Å². The van der Waals surface area contributed by atoms with E-state index in [0.29, 0.717) is 11.7 Å². The van der Waals surface area contributed by atoms with Crippen LogP contribution >= 0.6 is 22.9 Å². The molecule has 2 rings (SSSR count). The van der Waals surface area contributed by atoms with Gasteiger partial charge in [-0.3, -0.25) is 0 Å². The van der Waals surface area contributed by atoms with Gasteiger partial charge in [0.2, 0.25) is 12.2 Å². The van der Waals surface area contributed by atoms with Crippen LogP contribution in [0.5, 0.6) is 0 Å². The Kier molecular flexibility index (Phi) is 2.61. The van der Waals surface area contributed by atoms with Crippen molar-refractivity contribution in [3.05, 3.63) is 22.7 Å². The van der Waals surface area contributed by atoms with Gasteiger partial charge in [0.05, 0.1) is 0 Å². The lowest BCUT2D eigenvalue weighted by Gasteiger charge is -1.86. The standard InChI is InChI=1S/C8H7ClN2OS/c9-2-1-7-3-6(4-13-7)8-10-5-12-11-8/h3-5H,1-2H2. The molecule has 0 aromatic carbocycles. The second-order valence-corrected chi connectivity index (χ2v) is 3.87. The molecule has 2 heterocycles. The third-order valence-corrected chi connectivity index (χ3v) is 2.80. The Hall–Kier alpha value is -0.870. The van der Waals surface area contributed by atoms with E-state index in [2.05, 4.69) is 14.7 Å². The van der Waals surface area contributed by atoms with Crippen molar-refractivity contribution in [1.82, 2.24) is 10.1 Å². The lowest BCUT2D eigenvalue weighted by Crippen LogP contribution is -1.79. The second-order valence-electron chi connectivity index (χ2n) is 2.50. The molecule has 0 aliphatic rings. The largest absolute Gasteiger partial charge is 0.342 e. The molecule has 0 atom stereocenters. The normalized spacial score (nSPS) is 10.5. The van der Waals surface area contributed by atoms with Gasteiger partial charge < -0.3 is 4.52 Å². The summed E-state index contributed by atoms with van der Waals surface area (Å²) in [6.07, 6.45) is 2.22. The van der Waals surface area contributed by atoms with Crippen molar-refractivity contribution in [2.75, 3.05) is 5.88 Å². The summed E-state index contributed by atoms with van der Waals surface area (Å²) in [7, 11) is 0. The number of aryl methyl sites for hydroxylation is 1. The highest BCUT2D eigenvalue weighted by atomic mass is 35.5. The van der Waals surface area contributed by atoms with E-state index < -0.39 is 0 Å². The summed E-state index contributed by atoms with van der Waals surface area (Å²) in [5.41, 5.74) is 0.999. The fourth-order valence-electron chi connectivity index (χ4n) is 1.02. The van der Waals surface area contributed by atoms with Crippen molar-refractivity contribution < 1.29 is 4.52 Å². The van der Waals surface area contributed by atoms with Crippen molar-refractivity contribution in [2.45, 2.75) is 6.42 Å². The van der Waals surface area contributed by atoms with Crippen LogP contribution in [0.4, 0.5) is 0 Å². The van der Waals surface area contributed by atoms with E-state index in [1.54, 1.807) is 11.3 Å². The van der Waals surface area contributed by atoms with E-state index in [1.165, 1.54) is 11.3 Å². The molecule has 0 aliphatic heterocycles. The summed E-state index contributed by atoms with van der Waals surface area (Å²) >= 11 is 7.29. The monoisotopic (exact) mass is 214 g/mol. The number of aromatic nitrogens is 2.